The van der Waals surface area contributed by atoms with Crippen molar-refractivity contribution < 1.29 is 43.1 Å². The summed E-state index contributed by atoms with van der Waals surface area (Å²) in [6.07, 6.45) is -9.81. The smallest absolute Gasteiger partial charge is 0.436 e. The molecule has 1 aliphatic heterocycles. The first-order valence-corrected chi connectivity index (χ1v) is 12.2. The Morgan fingerprint density at radius 3 is 2.38 bits per heavy atom. The number of fused-ring (bicyclic) bond motifs is 1. The normalized spacial score (nSPS) is 22.9. The number of nitrogens with zero attached hydrogens (tertiary/aromatic N) is 6. The molecule has 5 N–H and O–H groups in total. The minimum atomic E-state index is -4.89. The predicted molar refractivity (Wildman–Crippen MR) is 138 cm³/mol. The largest absolute Gasteiger partial charge is 0.462 e. The minimum absolute atomic E-state index is 0.195. The van der Waals surface area contributed by atoms with Gasteiger partial charge in [0.25, 0.3) is 0 Å². The van der Waals surface area contributed by atoms with E-state index in [9.17, 15) is 33.6 Å². The van der Waals surface area contributed by atoms with Crippen LogP contribution in [0.5, 0.6) is 5.75 Å². The number of benzene rings is 2. The summed E-state index contributed by atoms with van der Waals surface area (Å²) in [7, 11) is 0. The van der Waals surface area contributed by atoms with Gasteiger partial charge in [0, 0.05) is 0 Å². The minimum Gasteiger partial charge on any atom is -0.462 e. The fraction of sp³-hybridized carbons (Fsp3) is 0.269. The molecule has 42 heavy (non-hydrogen) atoms. The van der Waals surface area contributed by atoms with E-state index in [2.05, 4.69) is 20.0 Å². The van der Waals surface area contributed by atoms with Crippen molar-refractivity contribution in [2.24, 2.45) is 5.10 Å². The Morgan fingerprint density at radius 1 is 1.07 bits per heavy atom. The zero-order valence-electron chi connectivity index (χ0n) is 21.3. The summed E-state index contributed by atoms with van der Waals surface area (Å²) in [4.78, 5) is 7.33. The lowest BCUT2D eigenvalue weighted by molar-refractivity contribution is -0.277. The Morgan fingerprint density at radius 2 is 1.76 bits per heavy atom. The van der Waals surface area contributed by atoms with Crippen LogP contribution in [0.15, 0.2) is 60.0 Å². The van der Waals surface area contributed by atoms with Crippen LogP contribution >= 0.6 is 0 Å². The van der Waals surface area contributed by atoms with Crippen molar-refractivity contribution >= 4 is 22.9 Å². The van der Waals surface area contributed by atoms with E-state index in [1.54, 1.807) is 0 Å². The molecule has 2 aromatic heterocycles. The summed E-state index contributed by atoms with van der Waals surface area (Å²) in [6, 6.07) is 11.7. The van der Waals surface area contributed by atoms with Gasteiger partial charge in [0.1, 0.15) is 36.5 Å². The molecule has 1 fully saturated rings. The Hall–Kier alpha value is -4.66. The van der Waals surface area contributed by atoms with E-state index in [1.807, 2.05) is 0 Å². The molecule has 2 aromatic carbocycles. The number of hydrogen-bond donors (Lipinski definition) is 5. The van der Waals surface area contributed by atoms with Crippen LogP contribution in [0.3, 0.4) is 0 Å². The summed E-state index contributed by atoms with van der Waals surface area (Å²) in [5.41, 5.74) is -1.18. The molecule has 0 radical (unpaired) electrons. The summed E-state index contributed by atoms with van der Waals surface area (Å²) in [5.74, 6) is 0.195. The molecule has 0 spiro atoms. The van der Waals surface area contributed by atoms with E-state index < -0.39 is 60.1 Å². The molecule has 5 atom stereocenters. The van der Waals surface area contributed by atoms with E-state index in [0.29, 0.717) is 11.3 Å². The topological polar surface area (TPSA) is 176 Å². The number of alkyl halides is 3. The highest BCUT2D eigenvalue weighted by Crippen LogP contribution is 2.33. The van der Waals surface area contributed by atoms with Gasteiger partial charge < -0.3 is 29.9 Å². The predicted octanol–water partition coefficient (Wildman–Crippen LogP) is 1.33. The van der Waals surface area contributed by atoms with Crippen molar-refractivity contribution in [2.75, 3.05) is 6.61 Å². The van der Waals surface area contributed by atoms with Gasteiger partial charge in [-0.2, -0.15) is 23.4 Å². The van der Waals surface area contributed by atoms with Crippen molar-refractivity contribution in [3.63, 3.8) is 0 Å². The molecule has 0 bridgehead atoms. The van der Waals surface area contributed by atoms with Gasteiger partial charge in [0.15, 0.2) is 22.5 Å². The van der Waals surface area contributed by atoms with Crippen molar-refractivity contribution in [2.45, 2.75) is 36.9 Å². The van der Waals surface area contributed by atoms with Crippen LogP contribution in [-0.4, -0.2) is 83.4 Å². The number of halogens is 3. The molecule has 0 amide bonds. The molecule has 3 heterocycles. The first-order chi connectivity index (χ1) is 20.0. The molecule has 1 saturated heterocycles. The monoisotopic (exact) mass is 585 g/mol. The van der Waals surface area contributed by atoms with Gasteiger partial charge in [0.2, 0.25) is 6.29 Å². The Balaban J connectivity index is 1.40. The Bertz CT molecular complexity index is 1710. The van der Waals surface area contributed by atoms with Crippen LogP contribution in [0.2, 0.25) is 0 Å². The van der Waals surface area contributed by atoms with Crippen LogP contribution < -0.4 is 10.2 Å². The van der Waals surface area contributed by atoms with E-state index in [0.717, 1.165) is 15.7 Å². The Labute approximate surface area is 234 Å². The number of nitrogens with one attached hydrogen (secondary N) is 1. The molecule has 218 valence electrons. The zero-order valence-corrected chi connectivity index (χ0v) is 21.3. The fourth-order valence-corrected chi connectivity index (χ4v) is 4.22. The lowest BCUT2D eigenvalue weighted by atomic mass is 9.99. The third-order valence-electron chi connectivity index (χ3n) is 6.42. The molecule has 5 rings (SSSR count). The average Bonchev–Trinajstić information content (AvgIpc) is 3.39. The summed E-state index contributed by atoms with van der Waals surface area (Å²) in [6.45, 7) is 6.43. The van der Waals surface area contributed by atoms with Crippen molar-refractivity contribution in [3.8, 4) is 11.4 Å². The van der Waals surface area contributed by atoms with Gasteiger partial charge in [-0.05, 0) is 42.0 Å². The molecule has 16 heteroatoms. The van der Waals surface area contributed by atoms with Crippen LogP contribution in [0.1, 0.15) is 11.3 Å². The fourth-order valence-electron chi connectivity index (χ4n) is 4.22. The number of aromatic nitrogens is 4. The maximum Gasteiger partial charge on any atom is 0.436 e. The van der Waals surface area contributed by atoms with E-state index >= 15 is 0 Å². The van der Waals surface area contributed by atoms with Gasteiger partial charge >= 0.3 is 6.18 Å². The van der Waals surface area contributed by atoms with Crippen LogP contribution in [-0.2, 0) is 10.9 Å². The van der Waals surface area contributed by atoms with E-state index in [1.165, 1.54) is 54.7 Å². The first-order valence-electron chi connectivity index (χ1n) is 12.2. The van der Waals surface area contributed by atoms with E-state index in [-0.39, 0.29) is 17.1 Å². The molecule has 1 aliphatic rings. The lowest BCUT2D eigenvalue weighted by Crippen LogP contribution is -2.60. The SMILES string of the molecule is [C-]#[N+]c1ccc(-n2nc(C(F)(F)F)c3c(=N)n(/N=C\c4ccc(OC5OC(CO)C(O)C(O)C5O)cc4)cnc32)cc1. The highest BCUT2D eigenvalue weighted by molar-refractivity contribution is 5.81. The third-order valence-corrected chi connectivity index (χ3v) is 6.42. The van der Waals surface area contributed by atoms with Crippen molar-refractivity contribution in [1.82, 2.24) is 19.4 Å². The summed E-state index contributed by atoms with van der Waals surface area (Å²) < 4.78 is 54.3. The second-order valence-electron chi connectivity index (χ2n) is 9.15. The molecular formula is C26H22F3N7O6. The maximum atomic E-state index is 13.9. The third kappa shape index (κ3) is 5.46. The molecular weight excluding hydrogens is 563 g/mol. The van der Waals surface area contributed by atoms with Crippen LogP contribution in [0.25, 0.3) is 21.6 Å². The average molecular weight is 585 g/mol. The molecule has 5 unspecified atom stereocenters. The number of ether oxygens (including phenoxy) is 2. The number of hydrogen-bond acceptors (Lipinski definition) is 10. The standard InChI is InChI=1S/C26H22F3N7O6/c1-31-14-4-6-15(7-5-14)36-24-18(22(34-36)26(27,28)29)23(30)35(12-32-24)33-10-13-2-8-16(9-3-13)41-25-21(40)20(39)19(38)17(11-37)42-25/h2-10,12,17,19-21,25,30,37-40H,11H2/b30-23?,33-10-. The Kier molecular flexibility index (Phi) is 7.77. The second-order valence-corrected chi connectivity index (χ2v) is 9.15. The molecule has 0 saturated carbocycles. The van der Waals surface area contributed by atoms with Gasteiger partial charge in [-0.1, -0.05) is 12.1 Å². The number of rotatable bonds is 6. The molecule has 4 aromatic rings. The number of aliphatic hydroxyl groups excluding tert-OH is 4. The quantitative estimate of drug-likeness (QED) is 0.166. The van der Waals surface area contributed by atoms with Gasteiger partial charge in [-0.3, -0.25) is 5.41 Å². The highest BCUT2D eigenvalue weighted by Gasteiger charge is 2.44. The summed E-state index contributed by atoms with van der Waals surface area (Å²) in [5, 5.41) is 54.8. The van der Waals surface area contributed by atoms with Gasteiger partial charge in [0.05, 0.1) is 30.5 Å². The molecule has 0 aliphatic carbocycles. The van der Waals surface area contributed by atoms with Gasteiger partial charge in [-0.25, -0.2) is 19.2 Å². The number of aliphatic hydroxyl groups is 4. The maximum absolute atomic E-state index is 13.9. The van der Waals surface area contributed by atoms with Crippen LogP contribution in [0.4, 0.5) is 18.9 Å². The highest BCUT2D eigenvalue weighted by atomic mass is 19.4. The van der Waals surface area contributed by atoms with Crippen molar-refractivity contribution in [3.05, 3.63) is 83.0 Å². The lowest BCUT2D eigenvalue weighted by Gasteiger charge is -2.39. The van der Waals surface area contributed by atoms with Crippen LogP contribution in [0, 0.1) is 12.0 Å². The van der Waals surface area contributed by atoms with Crippen molar-refractivity contribution in [1.29, 1.82) is 5.41 Å². The summed E-state index contributed by atoms with van der Waals surface area (Å²) >= 11 is 0. The van der Waals surface area contributed by atoms with Gasteiger partial charge in [-0.15, -0.1) is 0 Å². The second kappa shape index (κ2) is 11.3. The van der Waals surface area contributed by atoms with E-state index in [4.69, 9.17) is 21.5 Å². The molecule has 13 nitrogen and oxygen atoms in total. The zero-order chi connectivity index (χ0) is 30.2. The first kappa shape index (κ1) is 28.9.